The lowest BCUT2D eigenvalue weighted by Crippen LogP contribution is -2.33. The predicted octanol–water partition coefficient (Wildman–Crippen LogP) is 4.16. The fourth-order valence-electron chi connectivity index (χ4n) is 3.98. The second kappa shape index (κ2) is 7.55. The maximum absolute atomic E-state index is 13.0. The van der Waals surface area contributed by atoms with E-state index >= 15 is 0 Å². The fraction of sp³-hybridized carbons (Fsp3) is 0.381. The molecule has 29 heavy (non-hydrogen) atoms. The number of alkyl carbamates (subject to hydrolysis) is 1. The first-order valence-electron chi connectivity index (χ1n) is 9.69. The van der Waals surface area contributed by atoms with Crippen LogP contribution in [0.1, 0.15) is 43.7 Å². The highest BCUT2D eigenvalue weighted by atomic mass is 35.5. The Morgan fingerprint density at radius 1 is 1.38 bits per heavy atom. The number of amides is 1. The fourth-order valence-corrected chi connectivity index (χ4v) is 4.12. The van der Waals surface area contributed by atoms with Gasteiger partial charge in [-0.2, -0.15) is 5.10 Å². The van der Waals surface area contributed by atoms with Crippen molar-refractivity contribution in [3.05, 3.63) is 52.5 Å². The van der Waals surface area contributed by atoms with Gasteiger partial charge in [-0.05, 0) is 62.8 Å². The van der Waals surface area contributed by atoms with Crippen molar-refractivity contribution >= 4 is 29.2 Å². The summed E-state index contributed by atoms with van der Waals surface area (Å²) in [6, 6.07) is 5.62. The number of carbonyl (C=O) groups is 2. The van der Waals surface area contributed by atoms with E-state index in [0.29, 0.717) is 41.3 Å². The molecule has 0 saturated heterocycles. The van der Waals surface area contributed by atoms with Gasteiger partial charge in [-0.3, -0.25) is 0 Å². The van der Waals surface area contributed by atoms with Gasteiger partial charge in [0.05, 0.1) is 16.9 Å². The minimum absolute atomic E-state index is 0.302. The van der Waals surface area contributed by atoms with Crippen LogP contribution < -0.4 is 5.32 Å². The number of hydrogen-bond acceptors (Lipinski definition) is 5. The van der Waals surface area contributed by atoms with Crippen LogP contribution in [0.5, 0.6) is 0 Å². The first-order chi connectivity index (χ1) is 13.9. The van der Waals surface area contributed by atoms with Crippen molar-refractivity contribution in [1.29, 1.82) is 0 Å². The first-order valence-corrected chi connectivity index (χ1v) is 10.1. The molecule has 0 bridgehead atoms. The van der Waals surface area contributed by atoms with Crippen LogP contribution >= 0.6 is 11.6 Å². The normalized spacial score (nSPS) is 17.7. The van der Waals surface area contributed by atoms with Crippen molar-refractivity contribution in [3.8, 4) is 5.69 Å². The van der Waals surface area contributed by atoms with Gasteiger partial charge in [-0.25, -0.2) is 14.3 Å². The summed E-state index contributed by atoms with van der Waals surface area (Å²) >= 11 is 5.99. The summed E-state index contributed by atoms with van der Waals surface area (Å²) in [5.41, 5.74) is 1.70. The zero-order chi connectivity index (χ0) is 20.6. The summed E-state index contributed by atoms with van der Waals surface area (Å²) in [5, 5.41) is 7.36. The summed E-state index contributed by atoms with van der Waals surface area (Å²) in [5.74, 6) is -0.158. The molecule has 1 saturated carbocycles. The molecule has 1 aromatic carbocycles. The molecule has 1 N–H and O–H groups in total. The average molecular weight is 416 g/mol. The van der Waals surface area contributed by atoms with E-state index in [4.69, 9.17) is 21.1 Å². The van der Waals surface area contributed by atoms with E-state index in [9.17, 15) is 9.59 Å². The van der Waals surface area contributed by atoms with Gasteiger partial charge in [0.15, 0.2) is 11.4 Å². The van der Waals surface area contributed by atoms with Crippen molar-refractivity contribution in [2.75, 3.05) is 6.54 Å². The number of hydrogen-bond donors (Lipinski definition) is 1. The van der Waals surface area contributed by atoms with Crippen LogP contribution in [0.2, 0.25) is 5.02 Å². The Labute approximate surface area is 173 Å². The number of nitrogens with zero attached hydrogens (tertiary/aromatic N) is 2. The Balaban J connectivity index is 1.85. The number of benzene rings is 1. The van der Waals surface area contributed by atoms with Crippen LogP contribution in [0.25, 0.3) is 11.3 Å². The molecular formula is C21H22ClN3O4. The van der Waals surface area contributed by atoms with Crippen molar-refractivity contribution in [2.45, 2.75) is 45.1 Å². The molecule has 0 radical (unpaired) electrons. The maximum atomic E-state index is 13.0. The second-order valence-corrected chi connectivity index (χ2v) is 7.75. The van der Waals surface area contributed by atoms with Gasteiger partial charge in [0.2, 0.25) is 0 Å². The second-order valence-electron chi connectivity index (χ2n) is 7.32. The zero-order valence-corrected chi connectivity index (χ0v) is 17.1. The summed E-state index contributed by atoms with van der Waals surface area (Å²) < 4.78 is 13.1. The van der Waals surface area contributed by atoms with Crippen LogP contribution in [0.4, 0.5) is 4.79 Å². The number of nitrogens with one attached hydrogen (secondary N) is 1. The summed E-state index contributed by atoms with van der Waals surface area (Å²) in [6.07, 6.45) is 5.75. The van der Waals surface area contributed by atoms with E-state index in [1.54, 1.807) is 24.0 Å². The molecule has 1 spiro atoms. The molecule has 152 valence electrons. The Hall–Kier alpha value is -2.80. The van der Waals surface area contributed by atoms with E-state index in [-0.39, 0.29) is 0 Å². The summed E-state index contributed by atoms with van der Waals surface area (Å²) in [6.45, 7) is 4.14. The number of ether oxygens (including phenoxy) is 2. The largest absolute Gasteiger partial charge is 0.447 e. The Kier molecular flexibility index (Phi) is 5.08. The van der Waals surface area contributed by atoms with Crippen LogP contribution in [-0.4, -0.2) is 34.0 Å². The lowest BCUT2D eigenvalue weighted by Gasteiger charge is -2.24. The Bertz CT molecular complexity index is 1010. The number of aryl methyl sites for hydroxylation is 1. The third-order valence-corrected chi connectivity index (χ3v) is 5.56. The monoisotopic (exact) mass is 415 g/mol. The SMILES string of the molecule is CCNC(=O)OC1=C(c2cc(-n3cc(Cl)cn3)ccc2C)C(=O)OC12CCCC2. The van der Waals surface area contributed by atoms with Gasteiger partial charge in [-0.1, -0.05) is 17.7 Å². The molecule has 2 aromatic rings. The predicted molar refractivity (Wildman–Crippen MR) is 108 cm³/mol. The van der Waals surface area contributed by atoms with E-state index in [1.165, 1.54) is 0 Å². The highest BCUT2D eigenvalue weighted by Gasteiger charge is 2.52. The van der Waals surface area contributed by atoms with E-state index in [2.05, 4.69) is 10.4 Å². The van der Waals surface area contributed by atoms with Gasteiger partial charge in [0.1, 0.15) is 5.57 Å². The van der Waals surface area contributed by atoms with Gasteiger partial charge < -0.3 is 14.8 Å². The highest BCUT2D eigenvalue weighted by molar-refractivity contribution is 6.30. The Morgan fingerprint density at radius 2 is 2.14 bits per heavy atom. The van der Waals surface area contributed by atoms with Crippen LogP contribution in [0.15, 0.2) is 36.4 Å². The molecule has 4 rings (SSSR count). The zero-order valence-electron chi connectivity index (χ0n) is 16.3. The lowest BCUT2D eigenvalue weighted by molar-refractivity contribution is -0.146. The van der Waals surface area contributed by atoms with E-state index < -0.39 is 17.7 Å². The van der Waals surface area contributed by atoms with E-state index in [0.717, 1.165) is 24.1 Å². The number of esters is 1. The third-order valence-electron chi connectivity index (χ3n) is 5.37. The molecule has 2 aliphatic rings. The van der Waals surface area contributed by atoms with Gasteiger partial charge in [0.25, 0.3) is 0 Å². The molecule has 8 heteroatoms. The smallest absolute Gasteiger partial charge is 0.412 e. The van der Waals surface area contributed by atoms with Crippen molar-refractivity contribution in [3.63, 3.8) is 0 Å². The molecule has 2 heterocycles. The molecule has 1 fully saturated rings. The average Bonchev–Trinajstić information content (AvgIpc) is 3.38. The topological polar surface area (TPSA) is 82.5 Å². The third kappa shape index (κ3) is 3.51. The molecule has 1 aromatic heterocycles. The molecule has 1 aliphatic carbocycles. The maximum Gasteiger partial charge on any atom is 0.412 e. The highest BCUT2D eigenvalue weighted by Crippen LogP contribution is 2.48. The number of aromatic nitrogens is 2. The number of rotatable bonds is 4. The van der Waals surface area contributed by atoms with Crippen LogP contribution in [-0.2, 0) is 14.3 Å². The molecule has 0 atom stereocenters. The minimum atomic E-state index is -0.866. The summed E-state index contributed by atoms with van der Waals surface area (Å²) in [4.78, 5) is 25.2. The first kappa shape index (κ1) is 19.5. The lowest BCUT2D eigenvalue weighted by atomic mass is 9.93. The summed E-state index contributed by atoms with van der Waals surface area (Å²) in [7, 11) is 0. The van der Waals surface area contributed by atoms with Crippen molar-refractivity contribution < 1.29 is 19.1 Å². The van der Waals surface area contributed by atoms with Crippen LogP contribution in [0.3, 0.4) is 0 Å². The Morgan fingerprint density at radius 3 is 2.79 bits per heavy atom. The number of carbonyl (C=O) groups excluding carboxylic acids is 2. The van der Waals surface area contributed by atoms with Gasteiger partial charge in [0, 0.05) is 12.7 Å². The van der Waals surface area contributed by atoms with Crippen molar-refractivity contribution in [2.24, 2.45) is 0 Å². The molecule has 1 aliphatic heterocycles. The standard InChI is InChI=1S/C21H22ClN3O4/c1-3-23-20(27)28-18-17(19(26)29-21(18)8-4-5-9-21)16-10-15(7-6-13(16)2)25-12-14(22)11-24-25/h6-7,10-12H,3-5,8-9H2,1-2H3,(H,23,27). The number of halogens is 1. The van der Waals surface area contributed by atoms with E-state index in [1.807, 2.05) is 25.1 Å². The molecule has 1 amide bonds. The minimum Gasteiger partial charge on any atom is -0.447 e. The quantitative estimate of drug-likeness (QED) is 0.758. The van der Waals surface area contributed by atoms with Crippen LogP contribution in [0, 0.1) is 6.92 Å². The van der Waals surface area contributed by atoms with Gasteiger partial charge >= 0.3 is 12.1 Å². The molecule has 0 unspecified atom stereocenters. The molecule has 7 nitrogen and oxygen atoms in total. The van der Waals surface area contributed by atoms with Crippen molar-refractivity contribution in [1.82, 2.24) is 15.1 Å². The molecular weight excluding hydrogens is 394 g/mol. The van der Waals surface area contributed by atoms with Gasteiger partial charge in [-0.15, -0.1) is 0 Å².